The fourth-order valence-corrected chi connectivity index (χ4v) is 4.37. The van der Waals surface area contributed by atoms with Crippen LogP contribution >= 0.6 is 0 Å². The number of hydrogen-bond donors (Lipinski definition) is 2. The highest BCUT2D eigenvalue weighted by Crippen LogP contribution is 2.43. The fraction of sp³-hybridized carbons (Fsp3) is 0.526. The molecule has 0 bridgehead atoms. The number of rotatable bonds is 3. The molecule has 7 heteroatoms. The molecule has 4 rings (SSSR count). The molecule has 26 heavy (non-hydrogen) atoms. The first-order chi connectivity index (χ1) is 12.4. The van der Waals surface area contributed by atoms with E-state index in [4.69, 9.17) is 0 Å². The number of carbonyl (C=O) groups excluding carboxylic acids is 2. The fourth-order valence-electron chi connectivity index (χ4n) is 4.37. The molecule has 138 valence electrons. The van der Waals surface area contributed by atoms with Crippen LogP contribution < -0.4 is 0 Å². The first kappa shape index (κ1) is 17.0. The average Bonchev–Trinajstić information content (AvgIpc) is 3.30. The average molecular weight is 356 g/mol. The lowest BCUT2D eigenvalue weighted by Crippen LogP contribution is -2.41. The zero-order chi connectivity index (χ0) is 18.5. The van der Waals surface area contributed by atoms with E-state index < -0.39 is 5.41 Å². The summed E-state index contributed by atoms with van der Waals surface area (Å²) in [6, 6.07) is 7.56. The van der Waals surface area contributed by atoms with Gasteiger partial charge in [-0.1, -0.05) is 32.0 Å². The summed E-state index contributed by atoms with van der Waals surface area (Å²) in [5, 5.41) is 18.0. The van der Waals surface area contributed by atoms with Gasteiger partial charge in [0.15, 0.2) is 5.69 Å². The molecule has 0 saturated carbocycles. The molecule has 0 aliphatic carbocycles. The van der Waals surface area contributed by atoms with Crippen molar-refractivity contribution in [1.82, 2.24) is 20.0 Å². The number of nitrogens with zero attached hydrogens (tertiary/aromatic N) is 3. The Morgan fingerprint density at radius 3 is 2.65 bits per heavy atom. The summed E-state index contributed by atoms with van der Waals surface area (Å²) in [5.74, 6) is 0.0388. The van der Waals surface area contributed by atoms with Crippen LogP contribution in [-0.4, -0.2) is 69.7 Å². The van der Waals surface area contributed by atoms with Crippen molar-refractivity contribution >= 4 is 22.7 Å². The van der Waals surface area contributed by atoms with Crippen LogP contribution in [0.3, 0.4) is 0 Å². The molecule has 2 aliphatic rings. The Kier molecular flexibility index (Phi) is 3.99. The van der Waals surface area contributed by atoms with Crippen LogP contribution in [0.2, 0.25) is 0 Å². The quantitative estimate of drug-likeness (QED) is 0.862. The Hall–Kier alpha value is -2.41. The van der Waals surface area contributed by atoms with Gasteiger partial charge in [-0.15, -0.1) is 0 Å². The number of aromatic nitrogens is 2. The highest BCUT2D eigenvalue weighted by atomic mass is 16.3. The van der Waals surface area contributed by atoms with Crippen LogP contribution in [0.4, 0.5) is 0 Å². The maximum absolute atomic E-state index is 13.0. The molecule has 2 fully saturated rings. The first-order valence-corrected chi connectivity index (χ1v) is 9.07. The van der Waals surface area contributed by atoms with E-state index in [0.29, 0.717) is 31.9 Å². The van der Waals surface area contributed by atoms with Crippen molar-refractivity contribution in [2.45, 2.75) is 13.8 Å². The van der Waals surface area contributed by atoms with Crippen molar-refractivity contribution in [3.05, 3.63) is 30.0 Å². The van der Waals surface area contributed by atoms with Gasteiger partial charge >= 0.3 is 0 Å². The van der Waals surface area contributed by atoms with Crippen LogP contribution in [0, 0.1) is 17.3 Å². The predicted octanol–water partition coefficient (Wildman–Crippen LogP) is 1.11. The Bertz CT molecular complexity index is 861. The largest absolute Gasteiger partial charge is 0.396 e. The van der Waals surface area contributed by atoms with E-state index in [0.717, 1.165) is 10.9 Å². The third-order valence-electron chi connectivity index (χ3n) is 5.84. The topological polar surface area (TPSA) is 89.5 Å². The number of amides is 2. The van der Waals surface area contributed by atoms with E-state index in [2.05, 4.69) is 10.2 Å². The highest BCUT2D eigenvalue weighted by Gasteiger charge is 2.54. The number of nitrogens with one attached hydrogen (secondary N) is 1. The normalized spacial score (nSPS) is 25.3. The lowest BCUT2D eigenvalue weighted by atomic mass is 9.82. The van der Waals surface area contributed by atoms with Gasteiger partial charge in [-0.3, -0.25) is 14.7 Å². The minimum atomic E-state index is -0.424. The molecule has 2 aliphatic heterocycles. The van der Waals surface area contributed by atoms with Crippen LogP contribution in [0.15, 0.2) is 24.3 Å². The molecule has 1 aromatic heterocycles. The minimum absolute atomic E-state index is 0.0232. The first-order valence-electron chi connectivity index (χ1n) is 9.07. The van der Waals surface area contributed by atoms with Crippen LogP contribution in [0.1, 0.15) is 24.3 Å². The van der Waals surface area contributed by atoms with Crippen molar-refractivity contribution in [3.63, 3.8) is 0 Å². The summed E-state index contributed by atoms with van der Waals surface area (Å²) in [6.45, 7) is 5.86. The summed E-state index contributed by atoms with van der Waals surface area (Å²) in [7, 11) is 0. The van der Waals surface area contributed by atoms with Gasteiger partial charge in [-0.25, -0.2) is 0 Å². The highest BCUT2D eigenvalue weighted by molar-refractivity contribution is 6.04. The molecular formula is C19H24N4O3. The number of aromatic amines is 1. The van der Waals surface area contributed by atoms with Gasteiger partial charge in [0.25, 0.3) is 5.91 Å². The molecule has 0 unspecified atom stereocenters. The summed E-state index contributed by atoms with van der Waals surface area (Å²) >= 11 is 0. The maximum atomic E-state index is 13.0. The molecule has 0 radical (unpaired) electrons. The second-order valence-corrected chi connectivity index (χ2v) is 7.89. The summed E-state index contributed by atoms with van der Waals surface area (Å²) in [6.07, 6.45) is 0. The summed E-state index contributed by atoms with van der Waals surface area (Å²) in [5.41, 5.74) is 0.830. The number of H-pyrrole nitrogens is 1. The zero-order valence-electron chi connectivity index (χ0n) is 15.1. The smallest absolute Gasteiger partial charge is 0.275 e. The second-order valence-electron chi connectivity index (χ2n) is 7.89. The summed E-state index contributed by atoms with van der Waals surface area (Å²) < 4.78 is 0. The molecule has 0 spiro atoms. The van der Waals surface area contributed by atoms with Crippen molar-refractivity contribution in [3.8, 4) is 0 Å². The second kappa shape index (κ2) is 6.09. The van der Waals surface area contributed by atoms with Gasteiger partial charge < -0.3 is 14.9 Å². The molecule has 1 aromatic carbocycles. The number of likely N-dealkylation sites (tertiary alicyclic amines) is 2. The van der Waals surface area contributed by atoms with Gasteiger partial charge in [0.05, 0.1) is 12.1 Å². The molecule has 2 amide bonds. The van der Waals surface area contributed by atoms with Crippen molar-refractivity contribution < 1.29 is 14.7 Å². The lowest BCUT2D eigenvalue weighted by molar-refractivity contribution is -0.134. The lowest BCUT2D eigenvalue weighted by Gasteiger charge is -2.27. The summed E-state index contributed by atoms with van der Waals surface area (Å²) in [4.78, 5) is 29.0. The van der Waals surface area contributed by atoms with Gasteiger partial charge in [0, 0.05) is 48.8 Å². The Morgan fingerprint density at radius 1 is 1.27 bits per heavy atom. The molecule has 2 atom stereocenters. The van der Waals surface area contributed by atoms with Gasteiger partial charge in [-0.05, 0) is 6.07 Å². The van der Waals surface area contributed by atoms with Crippen LogP contribution in [-0.2, 0) is 4.79 Å². The molecule has 7 nitrogen and oxygen atoms in total. The maximum Gasteiger partial charge on any atom is 0.275 e. The number of fused-ring (bicyclic) bond motifs is 2. The number of aliphatic hydroxyl groups excluding tert-OH is 1. The number of para-hydroxylation sites is 1. The van der Waals surface area contributed by atoms with Crippen LogP contribution in [0.5, 0.6) is 0 Å². The van der Waals surface area contributed by atoms with Gasteiger partial charge in [-0.2, -0.15) is 5.10 Å². The monoisotopic (exact) mass is 356 g/mol. The number of benzene rings is 1. The molecular weight excluding hydrogens is 332 g/mol. The molecule has 2 saturated heterocycles. The standard InChI is InChI=1S/C19H24N4O3/c1-12(2)17(25)22-7-13-8-23(10-19(13,9-22)11-24)18(26)16-14-5-3-4-6-15(14)20-21-16/h3-6,12-13,24H,7-11H2,1-2H3,(H,20,21)/t13-,19+/m1/s1. The molecule has 3 heterocycles. The molecule has 2 aromatic rings. The number of hydrogen-bond acceptors (Lipinski definition) is 4. The van der Waals surface area contributed by atoms with E-state index >= 15 is 0 Å². The minimum Gasteiger partial charge on any atom is -0.396 e. The van der Waals surface area contributed by atoms with Crippen molar-refractivity contribution in [1.29, 1.82) is 0 Å². The van der Waals surface area contributed by atoms with E-state index in [-0.39, 0.29) is 30.3 Å². The predicted molar refractivity (Wildman–Crippen MR) is 96.4 cm³/mol. The van der Waals surface area contributed by atoms with Crippen molar-refractivity contribution in [2.75, 3.05) is 32.8 Å². The van der Waals surface area contributed by atoms with Gasteiger partial charge in [0.2, 0.25) is 5.91 Å². The molecule has 2 N–H and O–H groups in total. The van der Waals surface area contributed by atoms with Gasteiger partial charge in [0.1, 0.15) is 0 Å². The number of aliphatic hydroxyl groups is 1. The van der Waals surface area contributed by atoms with E-state index in [9.17, 15) is 14.7 Å². The van der Waals surface area contributed by atoms with Crippen molar-refractivity contribution in [2.24, 2.45) is 17.3 Å². The van der Waals surface area contributed by atoms with E-state index in [1.165, 1.54) is 0 Å². The van der Waals surface area contributed by atoms with E-state index in [1.54, 1.807) is 4.90 Å². The third kappa shape index (κ3) is 2.49. The Morgan fingerprint density at radius 2 is 1.96 bits per heavy atom. The Balaban J connectivity index is 1.55. The SMILES string of the molecule is CC(C)C(=O)N1C[C@@H]2CN(C(=O)c3n[nH]c4ccccc34)C[C@]2(CO)C1. The Labute approximate surface area is 152 Å². The van der Waals surface area contributed by atoms with Crippen LogP contribution in [0.25, 0.3) is 10.9 Å². The van der Waals surface area contributed by atoms with E-state index in [1.807, 2.05) is 43.0 Å². The third-order valence-corrected chi connectivity index (χ3v) is 5.84. The number of carbonyl (C=O) groups is 2. The zero-order valence-corrected chi connectivity index (χ0v) is 15.1.